The first kappa shape index (κ1) is 16.6. The molecule has 9 nitrogen and oxygen atoms in total. The quantitative estimate of drug-likeness (QED) is 0.666. The molecule has 1 aliphatic heterocycles. The summed E-state index contributed by atoms with van der Waals surface area (Å²) in [4.78, 5) is 35.9. The Balaban J connectivity index is 1.86. The van der Waals surface area contributed by atoms with E-state index in [4.69, 9.17) is 5.11 Å². The number of carboxylic acids is 1. The van der Waals surface area contributed by atoms with E-state index in [-0.39, 0.29) is 23.0 Å². The smallest absolute Gasteiger partial charge is 0.308 e. The van der Waals surface area contributed by atoms with Crippen LogP contribution in [0.2, 0.25) is 0 Å². The number of nitro benzene ring substituents is 1. The summed E-state index contributed by atoms with van der Waals surface area (Å²) < 4.78 is 1.28. The molecule has 2 unspecified atom stereocenters. The predicted molar refractivity (Wildman–Crippen MR) is 86.5 cm³/mol. The van der Waals surface area contributed by atoms with Gasteiger partial charge in [0.05, 0.1) is 10.8 Å². The molecule has 1 aliphatic rings. The van der Waals surface area contributed by atoms with Crippen LogP contribution < -0.4 is 0 Å². The van der Waals surface area contributed by atoms with Gasteiger partial charge in [0, 0.05) is 24.8 Å². The number of hydrogen-bond donors (Lipinski definition) is 1. The number of carbonyl (C=O) groups excluding carboxylic acids is 1. The number of carbonyl (C=O) groups is 2. The lowest BCUT2D eigenvalue weighted by molar-refractivity contribution is -0.384. The summed E-state index contributed by atoms with van der Waals surface area (Å²) in [5.74, 6) is -1.90. The number of benzene rings is 1. The predicted octanol–water partition coefficient (Wildman–Crippen LogP) is 1.72. The van der Waals surface area contributed by atoms with E-state index in [1.807, 2.05) is 0 Å². The van der Waals surface area contributed by atoms with Gasteiger partial charge in [0.25, 0.3) is 11.6 Å². The first-order valence-electron chi connectivity index (χ1n) is 7.73. The molecule has 3 rings (SSSR count). The van der Waals surface area contributed by atoms with Crippen molar-refractivity contribution in [2.24, 2.45) is 5.92 Å². The molecular weight excluding hydrogens is 328 g/mol. The fourth-order valence-electron chi connectivity index (χ4n) is 3.09. The van der Waals surface area contributed by atoms with E-state index < -0.39 is 22.9 Å². The maximum atomic E-state index is 12.6. The number of aromatic nitrogens is 2. The highest BCUT2D eigenvalue weighted by Crippen LogP contribution is 2.26. The molecule has 2 heterocycles. The molecule has 0 saturated carbocycles. The Morgan fingerprint density at radius 3 is 2.68 bits per heavy atom. The van der Waals surface area contributed by atoms with Gasteiger partial charge in [-0.25, -0.2) is 4.68 Å². The lowest BCUT2D eigenvalue weighted by Gasteiger charge is -2.22. The molecule has 1 saturated heterocycles. The van der Waals surface area contributed by atoms with Crippen LogP contribution in [0.4, 0.5) is 5.69 Å². The van der Waals surface area contributed by atoms with E-state index in [1.165, 1.54) is 27.9 Å². The summed E-state index contributed by atoms with van der Waals surface area (Å²) in [7, 11) is 0. The minimum absolute atomic E-state index is 0.120. The monoisotopic (exact) mass is 344 g/mol. The highest BCUT2D eigenvalue weighted by atomic mass is 16.6. The fraction of sp³-hybridized carbons (Fsp3) is 0.312. The Kier molecular flexibility index (Phi) is 4.22. The maximum absolute atomic E-state index is 12.6. The summed E-state index contributed by atoms with van der Waals surface area (Å²) in [5.41, 5.74) is 0.255. The van der Waals surface area contributed by atoms with Crippen LogP contribution in [-0.4, -0.2) is 49.2 Å². The average Bonchev–Trinajstić information content (AvgIpc) is 3.21. The SMILES string of the molecule is CC1C(C(=O)O)CCN1C(=O)c1ccn(-c2ccccc2[N+](=O)[O-])n1. The Morgan fingerprint density at radius 1 is 1.32 bits per heavy atom. The minimum atomic E-state index is -0.923. The van der Waals surface area contributed by atoms with Gasteiger partial charge in [-0.1, -0.05) is 12.1 Å². The summed E-state index contributed by atoms with van der Waals surface area (Å²) in [6, 6.07) is 7.14. The first-order chi connectivity index (χ1) is 11.9. The van der Waals surface area contributed by atoms with Crippen molar-refractivity contribution in [2.45, 2.75) is 19.4 Å². The average molecular weight is 344 g/mol. The number of aliphatic carboxylic acids is 1. The normalized spacial score (nSPS) is 19.8. The molecule has 1 fully saturated rings. The van der Waals surface area contributed by atoms with Crippen molar-refractivity contribution >= 4 is 17.6 Å². The molecule has 2 aromatic rings. The van der Waals surface area contributed by atoms with Gasteiger partial charge in [0.1, 0.15) is 5.69 Å². The molecular formula is C16H16N4O5. The molecule has 2 atom stereocenters. The second kappa shape index (κ2) is 6.34. The zero-order chi connectivity index (χ0) is 18.1. The molecule has 1 aromatic heterocycles. The molecule has 0 bridgehead atoms. The fourth-order valence-corrected chi connectivity index (χ4v) is 3.09. The summed E-state index contributed by atoms with van der Waals surface area (Å²) in [5, 5.41) is 24.4. The van der Waals surface area contributed by atoms with Crippen LogP contribution in [0, 0.1) is 16.0 Å². The summed E-state index contributed by atoms with van der Waals surface area (Å²) >= 11 is 0. The van der Waals surface area contributed by atoms with E-state index in [1.54, 1.807) is 25.1 Å². The van der Waals surface area contributed by atoms with Crippen LogP contribution in [-0.2, 0) is 4.79 Å². The molecule has 9 heteroatoms. The second-order valence-electron chi connectivity index (χ2n) is 5.86. The number of nitro groups is 1. The third-order valence-electron chi connectivity index (χ3n) is 4.47. The number of para-hydroxylation sites is 2. The number of amides is 1. The van der Waals surface area contributed by atoms with Gasteiger partial charge in [-0.3, -0.25) is 19.7 Å². The number of carboxylic acid groups (broad SMARTS) is 1. The molecule has 1 N–H and O–H groups in total. The van der Waals surface area contributed by atoms with Crippen LogP contribution >= 0.6 is 0 Å². The molecule has 130 valence electrons. The molecule has 1 aromatic carbocycles. The van der Waals surface area contributed by atoms with E-state index in [0.29, 0.717) is 13.0 Å². The van der Waals surface area contributed by atoms with Crippen molar-refractivity contribution in [2.75, 3.05) is 6.54 Å². The van der Waals surface area contributed by atoms with Gasteiger partial charge in [-0.05, 0) is 25.5 Å². The number of nitrogens with zero attached hydrogens (tertiary/aromatic N) is 4. The molecule has 0 aliphatic carbocycles. The molecule has 1 amide bonds. The van der Waals surface area contributed by atoms with Gasteiger partial charge >= 0.3 is 5.97 Å². The van der Waals surface area contributed by atoms with Gasteiger partial charge < -0.3 is 10.0 Å². The van der Waals surface area contributed by atoms with E-state index in [9.17, 15) is 19.7 Å². The summed E-state index contributed by atoms with van der Waals surface area (Å²) in [6.07, 6.45) is 1.87. The highest BCUT2D eigenvalue weighted by molar-refractivity contribution is 5.93. The lowest BCUT2D eigenvalue weighted by Crippen LogP contribution is -2.37. The Hall–Kier alpha value is -3.23. The maximum Gasteiger partial charge on any atom is 0.308 e. The van der Waals surface area contributed by atoms with Gasteiger partial charge in [-0.15, -0.1) is 0 Å². The number of rotatable bonds is 4. The van der Waals surface area contributed by atoms with Crippen molar-refractivity contribution in [3.8, 4) is 5.69 Å². The molecule has 25 heavy (non-hydrogen) atoms. The Labute approximate surface area is 142 Å². The molecule has 0 spiro atoms. The number of likely N-dealkylation sites (tertiary alicyclic amines) is 1. The highest BCUT2D eigenvalue weighted by Gasteiger charge is 2.39. The zero-order valence-electron chi connectivity index (χ0n) is 13.4. The topological polar surface area (TPSA) is 119 Å². The number of hydrogen-bond acceptors (Lipinski definition) is 5. The van der Waals surface area contributed by atoms with Crippen molar-refractivity contribution < 1.29 is 19.6 Å². The standard InChI is InChI=1S/C16H16N4O5/c1-10-11(16(22)23)6-8-18(10)15(21)12-7-9-19(17-12)13-4-2-3-5-14(13)20(24)25/h2-5,7,9-11H,6,8H2,1H3,(H,22,23). The zero-order valence-corrected chi connectivity index (χ0v) is 13.4. The third-order valence-corrected chi connectivity index (χ3v) is 4.47. The van der Waals surface area contributed by atoms with Gasteiger partial charge in [0.15, 0.2) is 5.69 Å². The first-order valence-corrected chi connectivity index (χ1v) is 7.73. The van der Waals surface area contributed by atoms with Crippen LogP contribution in [0.15, 0.2) is 36.5 Å². The van der Waals surface area contributed by atoms with E-state index in [0.717, 1.165) is 0 Å². The Bertz CT molecular complexity index is 847. The second-order valence-corrected chi connectivity index (χ2v) is 5.86. The van der Waals surface area contributed by atoms with E-state index >= 15 is 0 Å². The van der Waals surface area contributed by atoms with Gasteiger partial charge in [0.2, 0.25) is 0 Å². The Morgan fingerprint density at radius 2 is 2.04 bits per heavy atom. The third kappa shape index (κ3) is 2.95. The van der Waals surface area contributed by atoms with Crippen LogP contribution in [0.1, 0.15) is 23.8 Å². The van der Waals surface area contributed by atoms with Crippen LogP contribution in [0.25, 0.3) is 5.69 Å². The molecule has 0 radical (unpaired) electrons. The van der Waals surface area contributed by atoms with Gasteiger partial charge in [-0.2, -0.15) is 5.10 Å². The summed E-state index contributed by atoms with van der Waals surface area (Å²) in [6.45, 7) is 2.04. The van der Waals surface area contributed by atoms with Crippen molar-refractivity contribution in [1.29, 1.82) is 0 Å². The van der Waals surface area contributed by atoms with Crippen molar-refractivity contribution in [3.05, 3.63) is 52.3 Å². The largest absolute Gasteiger partial charge is 0.481 e. The van der Waals surface area contributed by atoms with E-state index in [2.05, 4.69) is 5.10 Å². The van der Waals surface area contributed by atoms with Crippen molar-refractivity contribution in [1.82, 2.24) is 14.7 Å². The van der Waals surface area contributed by atoms with Crippen molar-refractivity contribution in [3.63, 3.8) is 0 Å². The van der Waals surface area contributed by atoms with Crippen LogP contribution in [0.3, 0.4) is 0 Å². The minimum Gasteiger partial charge on any atom is -0.481 e. The van der Waals surface area contributed by atoms with Crippen LogP contribution in [0.5, 0.6) is 0 Å². The lowest BCUT2D eigenvalue weighted by atomic mass is 10.0.